The molecular weight excluding hydrogens is 441 g/mol. The molecule has 0 saturated carbocycles. The van der Waals surface area contributed by atoms with Crippen LogP contribution in [0.25, 0.3) is 0 Å². The zero-order valence-electron chi connectivity index (χ0n) is 17.7. The minimum absolute atomic E-state index is 0.159. The molecular formula is C23H25F3N2O3S. The SMILES string of the molecule is CCCN(CC(=O)Nc1ccc(F)c(F)c1F)C(=O)c1ccccc1SCC1CCCO1. The van der Waals surface area contributed by atoms with E-state index >= 15 is 0 Å². The Hall–Kier alpha value is -2.52. The number of anilines is 1. The normalized spacial score (nSPS) is 15.6. The van der Waals surface area contributed by atoms with Crippen LogP contribution in [0.3, 0.4) is 0 Å². The summed E-state index contributed by atoms with van der Waals surface area (Å²) in [4.78, 5) is 27.8. The minimum atomic E-state index is -1.67. The van der Waals surface area contributed by atoms with Crippen molar-refractivity contribution in [1.82, 2.24) is 4.90 Å². The molecule has 9 heteroatoms. The zero-order chi connectivity index (χ0) is 23.1. The third-order valence-electron chi connectivity index (χ3n) is 4.99. The molecule has 0 spiro atoms. The highest BCUT2D eigenvalue weighted by atomic mass is 32.2. The number of hydrogen-bond acceptors (Lipinski definition) is 4. The number of ether oxygens (including phenoxy) is 1. The summed E-state index contributed by atoms with van der Waals surface area (Å²) < 4.78 is 46.1. The zero-order valence-corrected chi connectivity index (χ0v) is 18.5. The number of benzene rings is 2. The van der Waals surface area contributed by atoms with Crippen molar-refractivity contribution >= 4 is 29.3 Å². The molecule has 1 aliphatic rings. The molecule has 2 aromatic carbocycles. The van der Waals surface area contributed by atoms with Gasteiger partial charge in [0.1, 0.15) is 6.54 Å². The smallest absolute Gasteiger partial charge is 0.255 e. The molecule has 32 heavy (non-hydrogen) atoms. The number of thioether (sulfide) groups is 1. The van der Waals surface area contributed by atoms with Crippen LogP contribution < -0.4 is 5.32 Å². The monoisotopic (exact) mass is 466 g/mol. The van der Waals surface area contributed by atoms with Gasteiger partial charge in [-0.2, -0.15) is 0 Å². The van der Waals surface area contributed by atoms with E-state index in [0.29, 0.717) is 18.5 Å². The maximum atomic E-state index is 13.9. The summed E-state index contributed by atoms with van der Waals surface area (Å²) in [7, 11) is 0. The molecule has 2 amide bonds. The Morgan fingerprint density at radius 3 is 2.66 bits per heavy atom. The van der Waals surface area contributed by atoms with E-state index in [0.717, 1.165) is 42.2 Å². The Kier molecular flexibility index (Phi) is 8.58. The van der Waals surface area contributed by atoms with Crippen molar-refractivity contribution in [2.24, 2.45) is 0 Å². The Morgan fingerprint density at radius 2 is 1.94 bits per heavy atom. The average Bonchev–Trinajstić information content (AvgIpc) is 3.31. The highest BCUT2D eigenvalue weighted by Crippen LogP contribution is 2.28. The third kappa shape index (κ3) is 6.04. The van der Waals surface area contributed by atoms with Crippen molar-refractivity contribution < 1.29 is 27.5 Å². The molecule has 0 aromatic heterocycles. The van der Waals surface area contributed by atoms with E-state index in [2.05, 4.69) is 5.32 Å². The van der Waals surface area contributed by atoms with Gasteiger partial charge in [0.15, 0.2) is 17.5 Å². The summed E-state index contributed by atoms with van der Waals surface area (Å²) >= 11 is 1.53. The van der Waals surface area contributed by atoms with Crippen molar-refractivity contribution in [2.45, 2.75) is 37.2 Å². The number of hydrogen-bond donors (Lipinski definition) is 1. The number of carbonyl (C=O) groups excluding carboxylic acids is 2. The van der Waals surface area contributed by atoms with Gasteiger partial charge in [-0.05, 0) is 43.5 Å². The van der Waals surface area contributed by atoms with Crippen LogP contribution in [0.4, 0.5) is 18.9 Å². The molecule has 0 radical (unpaired) electrons. The number of nitrogens with zero attached hydrogens (tertiary/aromatic N) is 1. The van der Waals surface area contributed by atoms with E-state index in [4.69, 9.17) is 4.74 Å². The Bertz CT molecular complexity index is 967. The van der Waals surface area contributed by atoms with Crippen molar-refractivity contribution in [1.29, 1.82) is 0 Å². The number of halogens is 3. The van der Waals surface area contributed by atoms with Crippen molar-refractivity contribution in [2.75, 3.05) is 30.8 Å². The lowest BCUT2D eigenvalue weighted by molar-refractivity contribution is -0.116. The Labute approximate surface area is 189 Å². The summed E-state index contributed by atoms with van der Waals surface area (Å²) in [6, 6.07) is 8.82. The van der Waals surface area contributed by atoms with Crippen LogP contribution in [-0.4, -0.2) is 48.3 Å². The number of carbonyl (C=O) groups is 2. The lowest BCUT2D eigenvalue weighted by atomic mass is 10.2. The molecule has 5 nitrogen and oxygen atoms in total. The average molecular weight is 467 g/mol. The van der Waals surface area contributed by atoms with Gasteiger partial charge in [-0.15, -0.1) is 11.8 Å². The van der Waals surface area contributed by atoms with Gasteiger partial charge in [-0.3, -0.25) is 9.59 Å². The molecule has 172 valence electrons. The van der Waals surface area contributed by atoms with Crippen molar-refractivity contribution in [3.63, 3.8) is 0 Å². The van der Waals surface area contributed by atoms with E-state index in [9.17, 15) is 22.8 Å². The van der Waals surface area contributed by atoms with Crippen LogP contribution in [0.5, 0.6) is 0 Å². The Balaban J connectivity index is 1.70. The molecule has 1 heterocycles. The second-order valence-corrected chi connectivity index (χ2v) is 8.50. The first-order valence-corrected chi connectivity index (χ1v) is 11.4. The van der Waals surface area contributed by atoms with E-state index in [-0.39, 0.29) is 18.6 Å². The summed E-state index contributed by atoms with van der Waals surface area (Å²) in [5.74, 6) is -4.80. The molecule has 1 N–H and O–H groups in total. The Morgan fingerprint density at radius 1 is 1.16 bits per heavy atom. The second kappa shape index (κ2) is 11.4. The topological polar surface area (TPSA) is 58.6 Å². The predicted octanol–water partition coefficient (Wildman–Crippen LogP) is 4.87. The van der Waals surface area contributed by atoms with Crippen LogP contribution in [-0.2, 0) is 9.53 Å². The summed E-state index contributed by atoms with van der Waals surface area (Å²) in [5, 5.41) is 2.21. The maximum Gasteiger partial charge on any atom is 0.255 e. The fourth-order valence-corrected chi connectivity index (χ4v) is 4.52. The van der Waals surface area contributed by atoms with Gasteiger partial charge >= 0.3 is 0 Å². The second-order valence-electron chi connectivity index (χ2n) is 7.44. The van der Waals surface area contributed by atoms with Gasteiger partial charge in [0, 0.05) is 23.8 Å². The molecule has 1 unspecified atom stereocenters. The fourth-order valence-electron chi connectivity index (χ4n) is 3.41. The number of nitrogens with one attached hydrogen (secondary N) is 1. The summed E-state index contributed by atoms with van der Waals surface area (Å²) in [6.07, 6.45) is 2.78. The maximum absolute atomic E-state index is 13.9. The van der Waals surface area contributed by atoms with Crippen LogP contribution in [0, 0.1) is 17.5 Å². The lowest BCUT2D eigenvalue weighted by Gasteiger charge is -2.23. The molecule has 1 fully saturated rings. The first-order valence-electron chi connectivity index (χ1n) is 10.5. The molecule has 0 aliphatic carbocycles. The van der Waals surface area contributed by atoms with E-state index in [1.807, 2.05) is 19.1 Å². The molecule has 1 aliphatic heterocycles. The molecule has 2 aromatic rings. The largest absolute Gasteiger partial charge is 0.377 e. The highest BCUT2D eigenvalue weighted by molar-refractivity contribution is 7.99. The third-order valence-corrected chi connectivity index (χ3v) is 6.20. The highest BCUT2D eigenvalue weighted by Gasteiger charge is 2.23. The molecule has 1 saturated heterocycles. The van der Waals surface area contributed by atoms with Gasteiger partial charge in [0.25, 0.3) is 5.91 Å². The number of amides is 2. The van der Waals surface area contributed by atoms with Crippen molar-refractivity contribution in [3.8, 4) is 0 Å². The van der Waals surface area contributed by atoms with E-state index < -0.39 is 29.0 Å². The predicted molar refractivity (Wildman–Crippen MR) is 117 cm³/mol. The molecule has 1 atom stereocenters. The number of rotatable bonds is 9. The lowest BCUT2D eigenvalue weighted by Crippen LogP contribution is -2.39. The first kappa shape index (κ1) is 24.1. The standard InChI is InChI=1S/C23H25F3N2O3S/c1-2-11-28(13-20(29)27-18-10-9-17(24)21(25)22(18)26)23(30)16-7-3-4-8-19(16)32-14-15-6-5-12-31-15/h3-4,7-10,15H,2,5-6,11-14H2,1H3,(H,27,29). The van der Waals surface area contributed by atoms with Gasteiger partial charge in [0.2, 0.25) is 5.91 Å². The van der Waals surface area contributed by atoms with Crippen LogP contribution in [0.15, 0.2) is 41.3 Å². The summed E-state index contributed by atoms with van der Waals surface area (Å²) in [5.41, 5.74) is -0.0129. The quantitative estimate of drug-likeness (QED) is 0.423. The van der Waals surface area contributed by atoms with Crippen LogP contribution in [0.1, 0.15) is 36.5 Å². The molecule has 0 bridgehead atoms. The fraction of sp³-hybridized carbons (Fsp3) is 0.391. The first-order chi connectivity index (χ1) is 15.4. The van der Waals surface area contributed by atoms with Gasteiger partial charge in [-0.25, -0.2) is 13.2 Å². The van der Waals surface area contributed by atoms with E-state index in [1.54, 1.807) is 12.1 Å². The summed E-state index contributed by atoms with van der Waals surface area (Å²) in [6.45, 7) is 2.57. The minimum Gasteiger partial charge on any atom is -0.377 e. The van der Waals surface area contributed by atoms with Crippen LogP contribution >= 0.6 is 11.8 Å². The molecule has 3 rings (SSSR count). The van der Waals surface area contributed by atoms with Gasteiger partial charge in [0.05, 0.1) is 17.4 Å². The van der Waals surface area contributed by atoms with Gasteiger partial charge in [-0.1, -0.05) is 19.1 Å². The van der Waals surface area contributed by atoms with Gasteiger partial charge < -0.3 is 15.0 Å². The van der Waals surface area contributed by atoms with Crippen molar-refractivity contribution in [3.05, 3.63) is 59.4 Å². The van der Waals surface area contributed by atoms with E-state index in [1.165, 1.54) is 16.7 Å². The van der Waals surface area contributed by atoms with Crippen LogP contribution in [0.2, 0.25) is 0 Å².